The Kier molecular flexibility index (Phi) is 4.16. The molecule has 1 aliphatic carbocycles. The molecule has 1 N–H and O–H groups in total. The molecule has 1 rings (SSSR count). The van der Waals surface area contributed by atoms with Crippen molar-refractivity contribution in [2.75, 3.05) is 0 Å². The highest BCUT2D eigenvalue weighted by Crippen LogP contribution is 2.20. The van der Waals surface area contributed by atoms with Crippen LogP contribution in [0.2, 0.25) is 0 Å². The molecule has 0 amide bonds. The normalized spacial score (nSPS) is 18.3. The van der Waals surface area contributed by atoms with Gasteiger partial charge in [-0.3, -0.25) is 0 Å². The average molecular weight is 198 g/mol. The monoisotopic (exact) mass is 198 g/mol. The van der Waals surface area contributed by atoms with Gasteiger partial charge >= 0.3 is 11.9 Å². The third-order valence-corrected chi connectivity index (χ3v) is 2.20. The van der Waals surface area contributed by atoms with E-state index in [-0.39, 0.29) is 6.10 Å². The quantitative estimate of drug-likeness (QED) is 0.551. The molecule has 0 unspecified atom stereocenters. The fourth-order valence-electron chi connectivity index (χ4n) is 1.53. The summed E-state index contributed by atoms with van der Waals surface area (Å²) in [6.07, 6.45) is 6.89. The van der Waals surface area contributed by atoms with Crippen LogP contribution < -0.4 is 0 Å². The number of carboxylic acids is 1. The van der Waals surface area contributed by atoms with Crippen LogP contribution in [0.5, 0.6) is 0 Å². The molecule has 0 aliphatic heterocycles. The summed E-state index contributed by atoms with van der Waals surface area (Å²) >= 11 is 0. The second kappa shape index (κ2) is 5.42. The summed E-state index contributed by atoms with van der Waals surface area (Å²) in [6, 6.07) is 0. The maximum Gasteiger partial charge on any atom is 0.331 e. The zero-order valence-corrected chi connectivity index (χ0v) is 7.94. The highest BCUT2D eigenvalue weighted by molar-refractivity contribution is 5.90. The Morgan fingerprint density at radius 3 is 2.36 bits per heavy atom. The Morgan fingerprint density at radius 2 is 1.79 bits per heavy atom. The van der Waals surface area contributed by atoms with Gasteiger partial charge in [0.05, 0.1) is 0 Å². The highest BCUT2D eigenvalue weighted by atomic mass is 16.5. The SMILES string of the molecule is O=C(O)/C=C/C(=O)OC1CCCCC1. The number of esters is 1. The maximum atomic E-state index is 11.0. The number of hydrogen-bond acceptors (Lipinski definition) is 3. The third-order valence-electron chi connectivity index (χ3n) is 2.20. The van der Waals surface area contributed by atoms with E-state index in [0.29, 0.717) is 0 Å². The third kappa shape index (κ3) is 4.07. The van der Waals surface area contributed by atoms with E-state index in [1.165, 1.54) is 6.42 Å². The van der Waals surface area contributed by atoms with E-state index >= 15 is 0 Å². The van der Waals surface area contributed by atoms with E-state index in [4.69, 9.17) is 9.84 Å². The first-order valence-electron chi connectivity index (χ1n) is 4.80. The van der Waals surface area contributed by atoms with Crippen molar-refractivity contribution in [1.29, 1.82) is 0 Å². The number of carboxylic acid groups (broad SMARTS) is 1. The van der Waals surface area contributed by atoms with Crippen molar-refractivity contribution in [2.24, 2.45) is 0 Å². The van der Waals surface area contributed by atoms with Gasteiger partial charge < -0.3 is 9.84 Å². The number of ether oxygens (including phenoxy) is 1. The molecule has 0 aromatic heterocycles. The Bertz CT molecular complexity index is 239. The summed E-state index contributed by atoms with van der Waals surface area (Å²) in [4.78, 5) is 21.1. The highest BCUT2D eigenvalue weighted by Gasteiger charge is 2.16. The lowest BCUT2D eigenvalue weighted by atomic mass is 9.98. The Balaban J connectivity index is 2.28. The zero-order valence-electron chi connectivity index (χ0n) is 7.94. The van der Waals surface area contributed by atoms with Crippen LogP contribution in [0.3, 0.4) is 0 Å². The molecule has 0 atom stereocenters. The van der Waals surface area contributed by atoms with Crippen LogP contribution in [-0.2, 0) is 14.3 Å². The van der Waals surface area contributed by atoms with Crippen LogP contribution in [0, 0.1) is 0 Å². The van der Waals surface area contributed by atoms with E-state index in [2.05, 4.69) is 0 Å². The number of carbonyl (C=O) groups excluding carboxylic acids is 1. The average Bonchev–Trinajstić information content (AvgIpc) is 2.16. The number of hydrogen-bond donors (Lipinski definition) is 1. The van der Waals surface area contributed by atoms with Gasteiger partial charge in [0.1, 0.15) is 6.10 Å². The van der Waals surface area contributed by atoms with Crippen LogP contribution in [0.1, 0.15) is 32.1 Å². The molecule has 0 aromatic rings. The fourth-order valence-corrected chi connectivity index (χ4v) is 1.53. The molecular weight excluding hydrogens is 184 g/mol. The first-order chi connectivity index (χ1) is 6.68. The van der Waals surface area contributed by atoms with E-state index in [1.807, 2.05) is 0 Å². The smallest absolute Gasteiger partial charge is 0.331 e. The lowest BCUT2D eigenvalue weighted by molar-refractivity contribution is -0.144. The topological polar surface area (TPSA) is 63.6 Å². The predicted octanol–water partition coefficient (Wildman–Crippen LogP) is 1.50. The molecule has 14 heavy (non-hydrogen) atoms. The van der Waals surface area contributed by atoms with Gasteiger partial charge in [0.2, 0.25) is 0 Å². The lowest BCUT2D eigenvalue weighted by Gasteiger charge is -2.20. The summed E-state index contributed by atoms with van der Waals surface area (Å²) in [5.41, 5.74) is 0. The molecule has 0 spiro atoms. The molecule has 1 saturated carbocycles. The Morgan fingerprint density at radius 1 is 1.14 bits per heavy atom. The molecular formula is C10H14O4. The van der Waals surface area contributed by atoms with E-state index in [0.717, 1.165) is 37.8 Å². The standard InChI is InChI=1S/C10H14O4/c11-9(12)6-7-10(13)14-8-4-2-1-3-5-8/h6-8H,1-5H2,(H,11,12)/b7-6+. The maximum absolute atomic E-state index is 11.0. The lowest BCUT2D eigenvalue weighted by Crippen LogP contribution is -2.19. The van der Waals surface area contributed by atoms with Gasteiger partial charge in [-0.05, 0) is 25.7 Å². The summed E-state index contributed by atoms with van der Waals surface area (Å²) in [5.74, 6) is -1.69. The largest absolute Gasteiger partial charge is 0.478 e. The fraction of sp³-hybridized carbons (Fsp3) is 0.600. The van der Waals surface area contributed by atoms with Crippen molar-refractivity contribution in [3.05, 3.63) is 12.2 Å². The van der Waals surface area contributed by atoms with Gasteiger partial charge in [-0.1, -0.05) is 6.42 Å². The van der Waals surface area contributed by atoms with E-state index in [1.54, 1.807) is 0 Å². The zero-order chi connectivity index (χ0) is 10.4. The number of rotatable bonds is 3. The second-order valence-corrected chi connectivity index (χ2v) is 3.37. The predicted molar refractivity (Wildman–Crippen MR) is 49.7 cm³/mol. The van der Waals surface area contributed by atoms with Crippen molar-refractivity contribution >= 4 is 11.9 Å². The van der Waals surface area contributed by atoms with Gasteiger partial charge in [0.25, 0.3) is 0 Å². The molecule has 1 aliphatic rings. The molecule has 0 radical (unpaired) electrons. The van der Waals surface area contributed by atoms with Gasteiger partial charge in [-0.2, -0.15) is 0 Å². The van der Waals surface area contributed by atoms with Crippen molar-refractivity contribution in [2.45, 2.75) is 38.2 Å². The van der Waals surface area contributed by atoms with Crippen molar-refractivity contribution in [3.63, 3.8) is 0 Å². The van der Waals surface area contributed by atoms with E-state index in [9.17, 15) is 9.59 Å². The Labute approximate surface area is 82.6 Å². The second-order valence-electron chi connectivity index (χ2n) is 3.37. The van der Waals surface area contributed by atoms with Gasteiger partial charge in [-0.15, -0.1) is 0 Å². The summed E-state index contributed by atoms with van der Waals surface area (Å²) in [6.45, 7) is 0. The minimum atomic E-state index is -1.13. The van der Waals surface area contributed by atoms with Crippen LogP contribution in [-0.4, -0.2) is 23.1 Å². The minimum absolute atomic E-state index is 0.0188. The first kappa shape index (κ1) is 10.8. The number of aliphatic carboxylic acids is 1. The van der Waals surface area contributed by atoms with Crippen LogP contribution in [0.15, 0.2) is 12.2 Å². The molecule has 78 valence electrons. The van der Waals surface area contributed by atoms with Crippen LogP contribution in [0.4, 0.5) is 0 Å². The molecule has 0 heterocycles. The van der Waals surface area contributed by atoms with Crippen molar-refractivity contribution < 1.29 is 19.4 Å². The minimum Gasteiger partial charge on any atom is -0.478 e. The summed E-state index contributed by atoms with van der Waals surface area (Å²) in [7, 11) is 0. The van der Waals surface area contributed by atoms with Crippen molar-refractivity contribution in [1.82, 2.24) is 0 Å². The first-order valence-corrected chi connectivity index (χ1v) is 4.80. The van der Waals surface area contributed by atoms with Crippen LogP contribution in [0.25, 0.3) is 0 Å². The molecule has 1 fully saturated rings. The molecule has 0 saturated heterocycles. The summed E-state index contributed by atoms with van der Waals surface area (Å²) in [5, 5.41) is 8.27. The van der Waals surface area contributed by atoms with E-state index < -0.39 is 11.9 Å². The summed E-state index contributed by atoms with van der Waals surface area (Å²) < 4.78 is 5.05. The van der Waals surface area contributed by atoms with Crippen LogP contribution >= 0.6 is 0 Å². The molecule has 4 nitrogen and oxygen atoms in total. The van der Waals surface area contributed by atoms with Gasteiger partial charge in [0.15, 0.2) is 0 Å². The molecule has 4 heteroatoms. The molecule has 0 bridgehead atoms. The Hall–Kier alpha value is -1.32. The number of carbonyl (C=O) groups is 2. The molecule has 0 aromatic carbocycles. The van der Waals surface area contributed by atoms with Crippen molar-refractivity contribution in [3.8, 4) is 0 Å². The van der Waals surface area contributed by atoms with Gasteiger partial charge in [-0.25, -0.2) is 9.59 Å². The van der Waals surface area contributed by atoms with Gasteiger partial charge in [0, 0.05) is 12.2 Å².